The maximum atomic E-state index is 3.95. The average molecular weight is 351 g/mol. The molecule has 3 nitrogen and oxygen atoms in total. The van der Waals surface area contributed by atoms with E-state index in [2.05, 4.69) is 32.8 Å². The summed E-state index contributed by atoms with van der Waals surface area (Å²) in [5, 5.41) is 6.78. The van der Waals surface area contributed by atoms with E-state index in [-0.39, 0.29) is 24.0 Å². The summed E-state index contributed by atoms with van der Waals surface area (Å²) in [6.07, 6.45) is 0. The number of hydrogen-bond donors (Lipinski definition) is 0. The third kappa shape index (κ3) is 2.03. The van der Waals surface area contributed by atoms with Gasteiger partial charge < -0.3 is 24.0 Å². The van der Waals surface area contributed by atoms with Gasteiger partial charge in [-0.3, -0.25) is 0 Å². The van der Waals surface area contributed by atoms with Crippen LogP contribution in [0.15, 0.2) is 0 Å². The third-order valence-electron chi connectivity index (χ3n) is 1.09. The van der Waals surface area contributed by atoms with E-state index < -0.39 is 0 Å². The number of rotatable bonds is 0. The number of aryl methyl sites for hydroxylation is 1. The number of nitrogens with zero attached hydrogens (tertiary/aromatic N) is 2. The summed E-state index contributed by atoms with van der Waals surface area (Å²) in [5.41, 5.74) is 0. The highest BCUT2D eigenvalue weighted by Crippen LogP contribution is 1.94. The molecule has 0 spiro atoms. The van der Waals surface area contributed by atoms with Crippen molar-refractivity contribution in [1.29, 1.82) is 0 Å². The second kappa shape index (κ2) is 3.69. The summed E-state index contributed by atoms with van der Waals surface area (Å²) in [7, 11) is 1.97. The van der Waals surface area contributed by atoms with E-state index in [1.54, 1.807) is 0 Å². The van der Waals surface area contributed by atoms with Gasteiger partial charge in [0.25, 0.3) is 0 Å². The summed E-state index contributed by atoms with van der Waals surface area (Å²) in [5.74, 6) is 1.01. The Morgan fingerprint density at radius 1 is 1.67 bits per heavy atom. The van der Waals surface area contributed by atoms with Crippen molar-refractivity contribution in [2.75, 3.05) is 0 Å². The normalized spacial score (nSPS) is 8.78. The minimum atomic E-state index is 0. The second-order valence-electron chi connectivity index (χ2n) is 1.62. The molecule has 0 amide bonds. The number of aromatic amines is 1. The Labute approximate surface area is 84.4 Å². The van der Waals surface area contributed by atoms with Crippen molar-refractivity contribution in [3.05, 3.63) is 9.66 Å². The fourth-order valence-corrected chi connectivity index (χ4v) is 0.889. The Kier molecular flexibility index (Phi) is 3.94. The first-order valence-corrected chi connectivity index (χ1v) is 3.36. The lowest BCUT2D eigenvalue weighted by Gasteiger charge is -1.79. The number of nitrogens with one attached hydrogen (secondary N) is 1. The summed E-state index contributed by atoms with van der Waals surface area (Å²) in [4.78, 5) is 0. The fraction of sp³-hybridized carbons (Fsp3) is 0.500. The maximum absolute atomic E-state index is 3.95. The van der Waals surface area contributed by atoms with Crippen LogP contribution in [0.25, 0.3) is 0 Å². The number of halogens is 2. The van der Waals surface area contributed by atoms with Gasteiger partial charge in [0.2, 0.25) is 5.82 Å². The van der Waals surface area contributed by atoms with Crippen LogP contribution in [0.2, 0.25) is 0 Å². The molecule has 1 rings (SSSR count). The van der Waals surface area contributed by atoms with Gasteiger partial charge in [-0.25, -0.2) is 4.57 Å². The third-order valence-corrected chi connectivity index (χ3v) is 2.05. The molecule has 0 saturated heterocycles. The molecule has 52 valence electrons. The number of hydrogen-bond acceptors (Lipinski definition) is 1. The molecule has 5 heteroatoms. The fourth-order valence-electron chi connectivity index (χ4n) is 0.419. The molecule has 0 radical (unpaired) electrons. The van der Waals surface area contributed by atoms with Crippen molar-refractivity contribution in [2.45, 2.75) is 6.92 Å². The van der Waals surface area contributed by atoms with Crippen molar-refractivity contribution in [2.24, 2.45) is 7.05 Å². The van der Waals surface area contributed by atoms with Gasteiger partial charge in [-0.1, -0.05) is 0 Å². The van der Waals surface area contributed by atoms with Crippen LogP contribution >= 0.6 is 22.6 Å². The van der Waals surface area contributed by atoms with Crippen LogP contribution in [0.1, 0.15) is 5.82 Å². The SMILES string of the molecule is Cc1n[nH+]c(I)n1C.[I-]. The van der Waals surface area contributed by atoms with E-state index in [4.69, 9.17) is 0 Å². The Morgan fingerprint density at radius 2 is 2.22 bits per heavy atom. The lowest BCUT2D eigenvalue weighted by Crippen LogP contribution is -3.00. The highest BCUT2D eigenvalue weighted by molar-refractivity contribution is 14.1. The van der Waals surface area contributed by atoms with E-state index in [1.807, 2.05) is 18.5 Å². The van der Waals surface area contributed by atoms with Crippen molar-refractivity contribution < 1.29 is 29.1 Å². The zero-order valence-electron chi connectivity index (χ0n) is 5.15. The average Bonchev–Trinajstić information content (AvgIpc) is 1.98. The summed E-state index contributed by atoms with van der Waals surface area (Å²) in [6, 6.07) is 0. The molecule has 0 bridgehead atoms. The highest BCUT2D eigenvalue weighted by atomic mass is 127. The zero-order valence-corrected chi connectivity index (χ0v) is 9.47. The number of H-pyrrole nitrogens is 1. The minimum Gasteiger partial charge on any atom is -1.00 e. The van der Waals surface area contributed by atoms with Gasteiger partial charge in [0.1, 0.15) is 0 Å². The van der Waals surface area contributed by atoms with Crippen LogP contribution in [0.5, 0.6) is 0 Å². The molecule has 1 aromatic rings. The molecule has 0 aliphatic rings. The molecule has 0 saturated carbocycles. The smallest absolute Gasteiger partial charge is 0.336 e. The highest BCUT2D eigenvalue weighted by Gasteiger charge is 2.05. The molecule has 1 N–H and O–H groups in total. The molecule has 0 aliphatic heterocycles. The first-order chi connectivity index (χ1) is 3.72. The molecule has 0 atom stereocenters. The van der Waals surface area contributed by atoms with Crippen LogP contribution in [0.4, 0.5) is 0 Å². The van der Waals surface area contributed by atoms with E-state index in [1.165, 1.54) is 0 Å². The molecular weight excluding hydrogens is 344 g/mol. The van der Waals surface area contributed by atoms with Crippen molar-refractivity contribution >= 4 is 22.6 Å². The van der Waals surface area contributed by atoms with E-state index >= 15 is 0 Å². The Balaban J connectivity index is 0.000000640. The monoisotopic (exact) mass is 351 g/mol. The van der Waals surface area contributed by atoms with Gasteiger partial charge in [-0.2, -0.15) is 0 Å². The Bertz CT molecular complexity index is 176. The lowest BCUT2D eigenvalue weighted by molar-refractivity contribution is -0.467. The predicted octanol–water partition coefficient (Wildman–Crippen LogP) is -2.85. The van der Waals surface area contributed by atoms with Gasteiger partial charge in [0.15, 0.2) is 0 Å². The molecular formula is C4H7I2N3. The van der Waals surface area contributed by atoms with Crippen LogP contribution in [-0.4, -0.2) is 9.67 Å². The van der Waals surface area contributed by atoms with Crippen LogP contribution < -0.4 is 29.1 Å². The number of aromatic nitrogens is 3. The topological polar surface area (TPSA) is 32.0 Å². The first-order valence-electron chi connectivity index (χ1n) is 2.28. The van der Waals surface area contributed by atoms with Crippen molar-refractivity contribution in [3.63, 3.8) is 0 Å². The second-order valence-corrected chi connectivity index (χ2v) is 2.64. The van der Waals surface area contributed by atoms with Crippen LogP contribution in [0, 0.1) is 10.8 Å². The largest absolute Gasteiger partial charge is 1.00 e. The van der Waals surface area contributed by atoms with E-state index in [0.717, 1.165) is 9.66 Å². The van der Waals surface area contributed by atoms with Crippen molar-refractivity contribution in [1.82, 2.24) is 9.67 Å². The van der Waals surface area contributed by atoms with E-state index in [9.17, 15) is 0 Å². The lowest BCUT2D eigenvalue weighted by atomic mass is 10.7. The van der Waals surface area contributed by atoms with Gasteiger partial charge in [0.05, 0.1) is 29.6 Å². The molecule has 1 aromatic heterocycles. The van der Waals surface area contributed by atoms with Crippen molar-refractivity contribution in [3.8, 4) is 0 Å². The van der Waals surface area contributed by atoms with E-state index in [0.29, 0.717) is 0 Å². The Hall–Kier alpha value is 0.600. The molecule has 0 fully saturated rings. The predicted molar refractivity (Wildman–Crippen MR) is 37.2 cm³/mol. The standard InChI is InChI=1S/C4H6IN3.HI/c1-3-6-7-4(5)8(3)2;/h1-2H3;1H. The van der Waals surface area contributed by atoms with Gasteiger partial charge in [-0.15, -0.1) is 5.10 Å². The Morgan fingerprint density at radius 3 is 2.33 bits per heavy atom. The quantitative estimate of drug-likeness (QED) is 0.464. The van der Waals surface area contributed by atoms with Crippen LogP contribution in [0.3, 0.4) is 0 Å². The zero-order chi connectivity index (χ0) is 6.15. The molecule has 9 heavy (non-hydrogen) atoms. The first kappa shape index (κ1) is 9.60. The summed E-state index contributed by atoms with van der Waals surface area (Å²) in [6.45, 7) is 1.96. The molecule has 0 aliphatic carbocycles. The maximum Gasteiger partial charge on any atom is 0.336 e. The molecule has 0 aromatic carbocycles. The van der Waals surface area contributed by atoms with Crippen LogP contribution in [-0.2, 0) is 7.05 Å². The van der Waals surface area contributed by atoms with Gasteiger partial charge >= 0.3 is 3.83 Å². The van der Waals surface area contributed by atoms with Gasteiger partial charge in [0, 0.05) is 6.92 Å². The summed E-state index contributed by atoms with van der Waals surface area (Å²) >= 11 is 2.19. The molecule has 0 unspecified atom stereocenters. The minimum absolute atomic E-state index is 0. The molecule has 1 heterocycles. The van der Waals surface area contributed by atoms with Gasteiger partial charge in [-0.05, 0) is 5.10 Å². The summed E-state index contributed by atoms with van der Waals surface area (Å²) < 4.78 is 3.04.